The number of carbonyl (C=O) groups excluding carboxylic acids is 2. The normalized spacial score (nSPS) is 17.9. The van der Waals surface area contributed by atoms with Crippen LogP contribution in [-0.4, -0.2) is 65.5 Å². The molecule has 1 atom stereocenters. The second kappa shape index (κ2) is 10.3. The van der Waals surface area contributed by atoms with Crippen molar-refractivity contribution in [1.29, 1.82) is 0 Å². The third kappa shape index (κ3) is 5.11. The smallest absolute Gasteiger partial charge is 0.295 e. The molecule has 7 nitrogen and oxygen atoms in total. The summed E-state index contributed by atoms with van der Waals surface area (Å²) in [4.78, 5) is 29.2. The van der Waals surface area contributed by atoms with Crippen molar-refractivity contribution in [2.75, 3.05) is 33.8 Å². The molecular weight excluding hydrogens is 408 g/mol. The Labute approximate surface area is 188 Å². The fraction of sp³-hybridized carbons (Fsp3) is 0.360. The number of likely N-dealkylation sites (N-methyl/N-ethyl adjacent to an activating group) is 1. The second-order valence-electron chi connectivity index (χ2n) is 8.11. The predicted octanol–water partition coefficient (Wildman–Crippen LogP) is 3.55. The molecule has 1 fully saturated rings. The molecule has 2 N–H and O–H groups in total. The maximum Gasteiger partial charge on any atom is 0.295 e. The van der Waals surface area contributed by atoms with Gasteiger partial charge in [-0.05, 0) is 62.5 Å². The summed E-state index contributed by atoms with van der Waals surface area (Å²) < 4.78 is 5.66. The lowest BCUT2D eigenvalue weighted by molar-refractivity contribution is -0.140. The molecule has 1 saturated heterocycles. The predicted molar refractivity (Wildman–Crippen MR) is 123 cm³/mol. The Bertz CT molecular complexity index is 980. The molecular formula is C25H30N2O5. The molecule has 170 valence electrons. The number of ether oxygens (including phenoxy) is 1. The van der Waals surface area contributed by atoms with E-state index in [1.54, 1.807) is 36.4 Å². The summed E-state index contributed by atoms with van der Waals surface area (Å²) in [5, 5.41) is 20.7. The number of hydrogen-bond acceptors (Lipinski definition) is 6. The third-order valence-corrected chi connectivity index (χ3v) is 5.43. The van der Waals surface area contributed by atoms with Crippen LogP contribution in [-0.2, 0) is 9.59 Å². The zero-order valence-electron chi connectivity index (χ0n) is 18.7. The summed E-state index contributed by atoms with van der Waals surface area (Å²) in [6, 6.07) is 12.4. The Hall–Kier alpha value is -3.32. The summed E-state index contributed by atoms with van der Waals surface area (Å²) in [5.74, 6) is -0.836. The van der Waals surface area contributed by atoms with E-state index >= 15 is 0 Å². The van der Waals surface area contributed by atoms with Gasteiger partial charge in [0.2, 0.25) is 0 Å². The Balaban J connectivity index is 2.00. The van der Waals surface area contributed by atoms with Crippen molar-refractivity contribution >= 4 is 17.4 Å². The Morgan fingerprint density at radius 1 is 1.06 bits per heavy atom. The summed E-state index contributed by atoms with van der Waals surface area (Å²) >= 11 is 0. The van der Waals surface area contributed by atoms with Crippen molar-refractivity contribution in [1.82, 2.24) is 9.80 Å². The van der Waals surface area contributed by atoms with Crippen molar-refractivity contribution in [3.05, 3.63) is 65.2 Å². The van der Waals surface area contributed by atoms with Gasteiger partial charge in [-0.25, -0.2) is 0 Å². The summed E-state index contributed by atoms with van der Waals surface area (Å²) in [6.07, 6.45) is 1.98. The third-order valence-electron chi connectivity index (χ3n) is 5.43. The molecule has 0 spiro atoms. The number of ketones is 1. The van der Waals surface area contributed by atoms with Crippen LogP contribution < -0.4 is 4.74 Å². The van der Waals surface area contributed by atoms with Crippen LogP contribution >= 0.6 is 0 Å². The molecule has 32 heavy (non-hydrogen) atoms. The van der Waals surface area contributed by atoms with Crippen LogP contribution in [0.3, 0.4) is 0 Å². The fourth-order valence-electron chi connectivity index (χ4n) is 3.62. The van der Waals surface area contributed by atoms with Gasteiger partial charge in [0.25, 0.3) is 11.7 Å². The molecule has 0 bridgehead atoms. The van der Waals surface area contributed by atoms with Crippen LogP contribution in [0, 0.1) is 0 Å². The largest absolute Gasteiger partial charge is 0.508 e. The van der Waals surface area contributed by atoms with Crippen LogP contribution in [0.4, 0.5) is 0 Å². The highest BCUT2D eigenvalue weighted by atomic mass is 16.5. The van der Waals surface area contributed by atoms with Crippen LogP contribution in [0.2, 0.25) is 0 Å². The monoisotopic (exact) mass is 438 g/mol. The topological polar surface area (TPSA) is 90.3 Å². The number of unbranched alkanes of at least 4 members (excludes halogenated alkanes) is 1. The number of Topliss-reactive ketones (excluding diaryl/α,β-unsaturated/α-hetero) is 1. The lowest BCUT2D eigenvalue weighted by atomic mass is 9.95. The van der Waals surface area contributed by atoms with Gasteiger partial charge in [-0.1, -0.05) is 25.5 Å². The molecule has 1 aliphatic heterocycles. The van der Waals surface area contributed by atoms with Crippen molar-refractivity contribution in [2.24, 2.45) is 0 Å². The molecule has 7 heteroatoms. The molecule has 1 aliphatic rings. The number of aromatic hydroxyl groups is 1. The van der Waals surface area contributed by atoms with Gasteiger partial charge in [0.05, 0.1) is 18.2 Å². The fourth-order valence-corrected chi connectivity index (χ4v) is 3.62. The van der Waals surface area contributed by atoms with Gasteiger partial charge in [-0.3, -0.25) is 9.59 Å². The molecule has 2 aromatic rings. The van der Waals surface area contributed by atoms with Gasteiger partial charge in [-0.15, -0.1) is 0 Å². The van der Waals surface area contributed by atoms with E-state index in [9.17, 15) is 19.8 Å². The van der Waals surface area contributed by atoms with E-state index in [0.717, 1.165) is 12.8 Å². The van der Waals surface area contributed by atoms with Gasteiger partial charge in [0.1, 0.15) is 17.3 Å². The summed E-state index contributed by atoms with van der Waals surface area (Å²) in [6.45, 7) is 3.58. The minimum atomic E-state index is -0.740. The number of rotatable bonds is 9. The van der Waals surface area contributed by atoms with Crippen molar-refractivity contribution < 1.29 is 24.5 Å². The lowest BCUT2D eigenvalue weighted by Crippen LogP contribution is -2.35. The Morgan fingerprint density at radius 2 is 1.72 bits per heavy atom. The molecule has 1 amide bonds. The number of phenols is 1. The first-order chi connectivity index (χ1) is 15.3. The van der Waals surface area contributed by atoms with E-state index in [0.29, 0.717) is 36.6 Å². The minimum Gasteiger partial charge on any atom is -0.508 e. The molecule has 0 aromatic heterocycles. The molecule has 1 unspecified atom stereocenters. The summed E-state index contributed by atoms with van der Waals surface area (Å²) in [5.41, 5.74) is 1.11. The second-order valence-corrected chi connectivity index (χ2v) is 8.11. The van der Waals surface area contributed by atoms with Gasteiger partial charge >= 0.3 is 0 Å². The summed E-state index contributed by atoms with van der Waals surface area (Å²) in [7, 11) is 3.77. The van der Waals surface area contributed by atoms with Crippen molar-refractivity contribution in [3.63, 3.8) is 0 Å². The van der Waals surface area contributed by atoms with Gasteiger partial charge in [-0.2, -0.15) is 0 Å². The molecule has 0 radical (unpaired) electrons. The molecule has 2 aromatic carbocycles. The molecule has 3 rings (SSSR count). The van der Waals surface area contributed by atoms with Crippen LogP contribution in [0.1, 0.15) is 36.9 Å². The first-order valence-electron chi connectivity index (χ1n) is 10.8. The Kier molecular flexibility index (Phi) is 7.53. The van der Waals surface area contributed by atoms with Crippen molar-refractivity contribution in [3.8, 4) is 11.5 Å². The van der Waals surface area contributed by atoms with Crippen LogP contribution in [0.15, 0.2) is 54.1 Å². The van der Waals surface area contributed by atoms with Crippen molar-refractivity contribution in [2.45, 2.75) is 25.8 Å². The molecule has 1 heterocycles. The number of aliphatic hydroxyl groups is 1. The van der Waals surface area contributed by atoms with Crippen LogP contribution in [0.25, 0.3) is 5.76 Å². The van der Waals surface area contributed by atoms with Crippen LogP contribution in [0.5, 0.6) is 11.5 Å². The van der Waals surface area contributed by atoms with E-state index in [2.05, 4.69) is 6.92 Å². The highest BCUT2D eigenvalue weighted by Gasteiger charge is 2.45. The van der Waals surface area contributed by atoms with Gasteiger partial charge in [0.15, 0.2) is 0 Å². The number of carbonyl (C=O) groups is 2. The quantitative estimate of drug-likeness (QED) is 0.269. The number of amides is 1. The number of hydrogen-bond donors (Lipinski definition) is 2. The highest BCUT2D eigenvalue weighted by Crippen LogP contribution is 2.39. The first kappa shape index (κ1) is 23.3. The number of aliphatic hydroxyl groups excluding tert-OH is 1. The molecule has 0 saturated carbocycles. The van der Waals surface area contributed by atoms with E-state index < -0.39 is 17.7 Å². The zero-order valence-corrected chi connectivity index (χ0v) is 18.7. The highest BCUT2D eigenvalue weighted by molar-refractivity contribution is 6.46. The average molecular weight is 439 g/mol. The number of nitrogens with zero attached hydrogens (tertiary/aromatic N) is 2. The van der Waals surface area contributed by atoms with Gasteiger partial charge < -0.3 is 24.7 Å². The van der Waals surface area contributed by atoms with Gasteiger partial charge in [0, 0.05) is 18.7 Å². The Morgan fingerprint density at radius 3 is 2.31 bits per heavy atom. The van der Waals surface area contributed by atoms with E-state index in [1.807, 2.05) is 19.0 Å². The van der Waals surface area contributed by atoms with E-state index in [1.165, 1.54) is 17.0 Å². The first-order valence-corrected chi connectivity index (χ1v) is 10.8. The average Bonchev–Trinajstić information content (AvgIpc) is 3.03. The van der Waals surface area contributed by atoms with E-state index in [-0.39, 0.29) is 17.1 Å². The number of likely N-dealkylation sites (tertiary alicyclic amines) is 1. The SMILES string of the molecule is CCCCOc1ccc(C(O)=C2C(=O)C(=O)N(CCN(C)C)C2c2ccc(O)cc2)cc1. The minimum absolute atomic E-state index is 0.0408. The van der Waals surface area contributed by atoms with E-state index in [4.69, 9.17) is 4.74 Å². The lowest BCUT2D eigenvalue weighted by Gasteiger charge is -2.26. The molecule has 0 aliphatic carbocycles. The zero-order chi connectivity index (χ0) is 23.3. The maximum absolute atomic E-state index is 13.0. The maximum atomic E-state index is 13.0. The number of benzene rings is 2. The number of phenolic OH excluding ortho intramolecular Hbond substituents is 1. The standard InChI is InChI=1S/C25H30N2O5/c1-4-5-16-32-20-12-8-18(9-13-20)23(29)21-22(17-6-10-19(28)11-7-17)27(15-14-26(2)3)25(31)24(21)30/h6-13,22,28-29H,4-5,14-16H2,1-3H3.